The van der Waals surface area contributed by atoms with Crippen molar-refractivity contribution >= 4 is 0 Å². The van der Waals surface area contributed by atoms with Gasteiger partial charge in [-0.2, -0.15) is 5.26 Å². The van der Waals surface area contributed by atoms with Crippen molar-refractivity contribution in [3.63, 3.8) is 0 Å². The van der Waals surface area contributed by atoms with Crippen LogP contribution in [-0.2, 0) is 13.1 Å². The second kappa shape index (κ2) is 7.78. The molecule has 0 bridgehead atoms. The highest BCUT2D eigenvalue weighted by molar-refractivity contribution is 5.55. The van der Waals surface area contributed by atoms with Crippen molar-refractivity contribution < 1.29 is 5.11 Å². The number of nitriles is 1. The van der Waals surface area contributed by atoms with Crippen LogP contribution in [0.3, 0.4) is 0 Å². The van der Waals surface area contributed by atoms with Crippen LogP contribution in [0.15, 0.2) is 55.0 Å². The molecule has 0 spiro atoms. The van der Waals surface area contributed by atoms with Crippen molar-refractivity contribution in [2.24, 2.45) is 5.92 Å². The van der Waals surface area contributed by atoms with E-state index in [-0.39, 0.29) is 12.1 Å². The minimum absolute atomic E-state index is 0.0625. The van der Waals surface area contributed by atoms with Crippen molar-refractivity contribution in [3.05, 3.63) is 66.2 Å². The van der Waals surface area contributed by atoms with Gasteiger partial charge in [-0.3, -0.25) is 0 Å². The van der Waals surface area contributed by atoms with Crippen molar-refractivity contribution in [2.75, 3.05) is 0 Å². The Kier molecular flexibility index (Phi) is 5.05. The standard InChI is InChI=1S/C21H23N5O/c22-11-16-8-18(24-12-16)13-25-19-9-15(10-20(19)27)14-26-7-6-23-21(26)17-4-2-1-3-5-17/h1-8,12,15,19-20,24-25,27H,9-10,13-14H2/t15?,19-,20-/m1/s1. The first-order valence-corrected chi connectivity index (χ1v) is 9.28. The fraction of sp³-hybridized carbons (Fsp3) is 0.333. The van der Waals surface area contributed by atoms with E-state index in [2.05, 4.69) is 38.1 Å². The van der Waals surface area contributed by atoms with Crippen LogP contribution in [0.2, 0.25) is 0 Å². The topological polar surface area (TPSA) is 89.7 Å². The summed E-state index contributed by atoms with van der Waals surface area (Å²) in [6.45, 7) is 1.47. The van der Waals surface area contributed by atoms with Crippen molar-refractivity contribution in [3.8, 4) is 17.5 Å². The van der Waals surface area contributed by atoms with E-state index in [1.807, 2.05) is 36.7 Å². The summed E-state index contributed by atoms with van der Waals surface area (Å²) in [5, 5.41) is 22.8. The highest BCUT2D eigenvalue weighted by atomic mass is 16.3. The summed E-state index contributed by atoms with van der Waals surface area (Å²) in [6.07, 6.45) is 6.88. The van der Waals surface area contributed by atoms with Crippen LogP contribution >= 0.6 is 0 Å². The van der Waals surface area contributed by atoms with Crippen LogP contribution in [0.25, 0.3) is 11.4 Å². The molecule has 6 nitrogen and oxygen atoms in total. The van der Waals surface area contributed by atoms with Crippen LogP contribution in [0.1, 0.15) is 24.1 Å². The Morgan fingerprint density at radius 3 is 2.93 bits per heavy atom. The molecule has 2 aromatic heterocycles. The van der Waals surface area contributed by atoms with Crippen molar-refractivity contribution in [2.45, 2.75) is 38.1 Å². The molecule has 27 heavy (non-hydrogen) atoms. The molecule has 138 valence electrons. The molecule has 2 heterocycles. The lowest BCUT2D eigenvalue weighted by Gasteiger charge is -2.16. The molecule has 0 aliphatic heterocycles. The van der Waals surface area contributed by atoms with Crippen molar-refractivity contribution in [1.82, 2.24) is 19.9 Å². The highest BCUT2D eigenvalue weighted by Gasteiger charge is 2.33. The minimum atomic E-state index is -0.357. The number of hydrogen-bond acceptors (Lipinski definition) is 4. The Morgan fingerprint density at radius 1 is 1.30 bits per heavy atom. The average Bonchev–Trinajstić information content (AvgIpc) is 3.41. The molecule has 0 saturated heterocycles. The van der Waals surface area contributed by atoms with Gasteiger partial charge in [-0.15, -0.1) is 0 Å². The van der Waals surface area contributed by atoms with Gasteiger partial charge in [0.05, 0.1) is 11.7 Å². The fourth-order valence-corrected chi connectivity index (χ4v) is 3.92. The number of imidazole rings is 1. The summed E-state index contributed by atoms with van der Waals surface area (Å²) < 4.78 is 2.18. The summed E-state index contributed by atoms with van der Waals surface area (Å²) in [5.41, 5.74) is 2.70. The van der Waals surface area contributed by atoms with Gasteiger partial charge in [-0.1, -0.05) is 30.3 Å². The van der Waals surface area contributed by atoms with Gasteiger partial charge in [0, 0.05) is 49.0 Å². The van der Waals surface area contributed by atoms with Gasteiger partial charge in [-0.05, 0) is 24.8 Å². The smallest absolute Gasteiger partial charge is 0.139 e. The number of H-pyrrole nitrogens is 1. The number of aromatic nitrogens is 3. The number of aliphatic hydroxyl groups is 1. The summed E-state index contributed by atoms with van der Waals surface area (Å²) in [5.74, 6) is 1.37. The predicted molar refractivity (Wildman–Crippen MR) is 103 cm³/mol. The lowest BCUT2D eigenvalue weighted by Crippen LogP contribution is -2.35. The molecule has 0 amide bonds. The number of nitrogens with one attached hydrogen (secondary N) is 2. The van der Waals surface area contributed by atoms with E-state index in [0.717, 1.165) is 36.5 Å². The molecule has 1 aromatic carbocycles. The third-order valence-electron chi connectivity index (χ3n) is 5.26. The number of aromatic amines is 1. The number of rotatable bonds is 6. The molecule has 0 radical (unpaired) electrons. The second-order valence-corrected chi connectivity index (χ2v) is 7.19. The molecule has 4 rings (SSSR count). The summed E-state index contributed by atoms with van der Waals surface area (Å²) in [4.78, 5) is 7.60. The maximum atomic E-state index is 10.5. The first-order chi connectivity index (χ1) is 13.2. The number of benzene rings is 1. The van der Waals surface area contributed by atoms with Gasteiger partial charge in [-0.25, -0.2) is 4.98 Å². The lowest BCUT2D eigenvalue weighted by atomic mass is 10.1. The van der Waals surface area contributed by atoms with Gasteiger partial charge >= 0.3 is 0 Å². The van der Waals surface area contributed by atoms with Gasteiger partial charge < -0.3 is 20.0 Å². The first kappa shape index (κ1) is 17.5. The molecule has 1 fully saturated rings. The quantitative estimate of drug-likeness (QED) is 0.630. The number of aliphatic hydroxyl groups excluding tert-OH is 1. The van der Waals surface area contributed by atoms with Gasteiger partial charge in [0.15, 0.2) is 0 Å². The normalized spacial score (nSPS) is 22.0. The first-order valence-electron chi connectivity index (χ1n) is 9.28. The molecule has 3 aromatic rings. The Balaban J connectivity index is 1.37. The second-order valence-electron chi connectivity index (χ2n) is 7.19. The summed E-state index contributed by atoms with van der Waals surface area (Å²) >= 11 is 0. The molecule has 1 unspecified atom stereocenters. The van der Waals surface area contributed by atoms with Crippen LogP contribution in [0.4, 0.5) is 0 Å². The minimum Gasteiger partial charge on any atom is -0.391 e. The van der Waals surface area contributed by atoms with E-state index in [0.29, 0.717) is 18.0 Å². The maximum Gasteiger partial charge on any atom is 0.139 e. The highest BCUT2D eigenvalue weighted by Crippen LogP contribution is 2.29. The molecule has 3 N–H and O–H groups in total. The fourth-order valence-electron chi connectivity index (χ4n) is 3.92. The zero-order valence-corrected chi connectivity index (χ0v) is 15.0. The Hall–Kier alpha value is -2.88. The number of hydrogen-bond donors (Lipinski definition) is 3. The van der Waals surface area contributed by atoms with Crippen LogP contribution < -0.4 is 5.32 Å². The van der Waals surface area contributed by atoms with Gasteiger partial charge in [0.25, 0.3) is 0 Å². The van der Waals surface area contributed by atoms with E-state index in [1.165, 1.54) is 0 Å². The largest absolute Gasteiger partial charge is 0.391 e. The Bertz CT molecular complexity index is 923. The molecule has 1 aliphatic carbocycles. The molecule has 6 heteroatoms. The lowest BCUT2D eigenvalue weighted by molar-refractivity contribution is 0.145. The van der Waals surface area contributed by atoms with Crippen LogP contribution in [0.5, 0.6) is 0 Å². The summed E-state index contributed by atoms with van der Waals surface area (Å²) in [7, 11) is 0. The van der Waals surface area contributed by atoms with E-state index in [9.17, 15) is 5.11 Å². The third kappa shape index (κ3) is 3.95. The van der Waals surface area contributed by atoms with E-state index >= 15 is 0 Å². The van der Waals surface area contributed by atoms with Crippen LogP contribution in [-0.4, -0.2) is 31.8 Å². The van der Waals surface area contributed by atoms with E-state index in [1.54, 1.807) is 6.20 Å². The summed E-state index contributed by atoms with van der Waals surface area (Å²) in [6, 6.07) is 14.2. The monoisotopic (exact) mass is 361 g/mol. The van der Waals surface area contributed by atoms with Gasteiger partial charge in [0.2, 0.25) is 0 Å². The van der Waals surface area contributed by atoms with Gasteiger partial charge in [0.1, 0.15) is 11.9 Å². The average molecular weight is 361 g/mol. The van der Waals surface area contributed by atoms with Crippen molar-refractivity contribution in [1.29, 1.82) is 5.26 Å². The Labute approximate surface area is 158 Å². The zero-order valence-electron chi connectivity index (χ0n) is 15.0. The zero-order chi connectivity index (χ0) is 18.6. The molecular weight excluding hydrogens is 338 g/mol. The number of nitrogens with zero attached hydrogens (tertiary/aromatic N) is 3. The van der Waals surface area contributed by atoms with Crippen LogP contribution in [0, 0.1) is 17.2 Å². The third-order valence-corrected chi connectivity index (χ3v) is 5.26. The predicted octanol–water partition coefficient (Wildman–Crippen LogP) is 2.68. The molecular formula is C21H23N5O. The Morgan fingerprint density at radius 2 is 2.15 bits per heavy atom. The molecule has 1 saturated carbocycles. The maximum absolute atomic E-state index is 10.5. The SMILES string of the molecule is N#Cc1c[nH]c(CN[C@@H]2CC(Cn3ccnc3-c3ccccc3)C[C@H]2O)c1. The van der Waals surface area contributed by atoms with E-state index in [4.69, 9.17) is 5.26 Å². The molecule has 1 aliphatic rings. The molecule has 3 atom stereocenters. The van der Waals surface area contributed by atoms with E-state index < -0.39 is 0 Å².